The summed E-state index contributed by atoms with van der Waals surface area (Å²) in [5, 5.41) is 7.11. The fourth-order valence-corrected chi connectivity index (χ4v) is 4.31. The van der Waals surface area contributed by atoms with E-state index in [9.17, 15) is 8.42 Å². The number of hydrogen-bond acceptors (Lipinski definition) is 5. The quantitative estimate of drug-likeness (QED) is 0.307. The number of aromatic nitrogens is 2. The molecular formula is C21H15Cl2N5O2S2. The highest BCUT2D eigenvalue weighted by atomic mass is 35.5. The summed E-state index contributed by atoms with van der Waals surface area (Å²) in [6.07, 6.45) is 1.38. The average Bonchev–Trinajstić information content (AvgIpc) is 2.76. The second-order valence-electron chi connectivity index (χ2n) is 6.58. The van der Waals surface area contributed by atoms with Gasteiger partial charge in [-0.15, -0.1) is 0 Å². The molecule has 32 heavy (non-hydrogen) atoms. The molecule has 0 aliphatic carbocycles. The third-order valence-corrected chi connectivity index (χ3v) is 6.60. The van der Waals surface area contributed by atoms with E-state index in [1.54, 1.807) is 42.5 Å². The van der Waals surface area contributed by atoms with Gasteiger partial charge in [0.05, 0.1) is 32.2 Å². The van der Waals surface area contributed by atoms with E-state index in [4.69, 9.17) is 35.4 Å². The van der Waals surface area contributed by atoms with Gasteiger partial charge in [0, 0.05) is 11.4 Å². The first-order valence-electron chi connectivity index (χ1n) is 9.18. The van der Waals surface area contributed by atoms with Crippen molar-refractivity contribution in [3.05, 3.63) is 83.0 Å². The first-order valence-corrected chi connectivity index (χ1v) is 11.8. The molecule has 0 fully saturated rings. The molecule has 0 spiro atoms. The van der Waals surface area contributed by atoms with Crippen LogP contribution in [-0.4, -0.2) is 23.5 Å². The van der Waals surface area contributed by atoms with Crippen molar-refractivity contribution in [1.82, 2.24) is 9.97 Å². The van der Waals surface area contributed by atoms with Gasteiger partial charge in [0.15, 0.2) is 10.9 Å². The number of para-hydroxylation sites is 2. The number of rotatable bonds is 5. The molecular weight excluding hydrogens is 489 g/mol. The van der Waals surface area contributed by atoms with Crippen LogP contribution in [0.25, 0.3) is 11.0 Å². The maximum absolute atomic E-state index is 12.7. The Morgan fingerprint density at radius 3 is 2.22 bits per heavy atom. The van der Waals surface area contributed by atoms with Gasteiger partial charge in [-0.25, -0.2) is 13.4 Å². The molecule has 3 N–H and O–H groups in total. The molecule has 4 rings (SSSR count). The summed E-state index contributed by atoms with van der Waals surface area (Å²) in [4.78, 5) is 8.57. The summed E-state index contributed by atoms with van der Waals surface area (Å²) in [7, 11) is -3.84. The monoisotopic (exact) mass is 503 g/mol. The van der Waals surface area contributed by atoms with Gasteiger partial charge in [-0.05, 0) is 66.8 Å². The molecule has 0 aliphatic rings. The van der Waals surface area contributed by atoms with Gasteiger partial charge < -0.3 is 10.6 Å². The summed E-state index contributed by atoms with van der Waals surface area (Å²) in [6.45, 7) is 0. The molecule has 0 bridgehead atoms. The van der Waals surface area contributed by atoms with E-state index in [0.717, 1.165) is 0 Å². The fraction of sp³-hybridized carbons (Fsp3) is 0. The normalized spacial score (nSPS) is 11.2. The zero-order valence-electron chi connectivity index (χ0n) is 16.2. The summed E-state index contributed by atoms with van der Waals surface area (Å²) in [6, 6.07) is 18.4. The highest BCUT2D eigenvalue weighted by Gasteiger charge is 2.15. The standard InChI is InChI=1S/C21H15Cl2N5O2S2/c22-16-10-7-14(11-17(16)23)26-21(31)25-13-5-8-15(9-6-13)32(29,30)28-20-12-24-18-3-1-2-4-19(18)27-20/h1-12H,(H,27,28)(H2,25,26,31). The van der Waals surface area contributed by atoms with E-state index >= 15 is 0 Å². The van der Waals surface area contributed by atoms with Gasteiger partial charge in [-0.1, -0.05) is 35.3 Å². The number of halogens is 2. The smallest absolute Gasteiger partial charge is 0.263 e. The summed E-state index contributed by atoms with van der Waals surface area (Å²) in [5.74, 6) is 0.137. The molecule has 0 amide bonds. The predicted molar refractivity (Wildman–Crippen MR) is 133 cm³/mol. The van der Waals surface area contributed by atoms with Crippen molar-refractivity contribution in [2.24, 2.45) is 0 Å². The molecule has 1 aromatic heterocycles. The number of fused-ring (bicyclic) bond motifs is 1. The van der Waals surface area contributed by atoms with Crippen LogP contribution in [0.5, 0.6) is 0 Å². The Balaban J connectivity index is 1.43. The SMILES string of the molecule is O=S(=O)(Nc1cnc2ccccc2n1)c1ccc(NC(=S)Nc2ccc(Cl)c(Cl)c2)cc1. The summed E-state index contributed by atoms with van der Waals surface area (Å²) in [5.41, 5.74) is 2.54. The largest absolute Gasteiger partial charge is 0.332 e. The van der Waals surface area contributed by atoms with Crippen LogP contribution in [0, 0.1) is 0 Å². The van der Waals surface area contributed by atoms with E-state index in [1.165, 1.54) is 18.3 Å². The molecule has 7 nitrogen and oxygen atoms in total. The van der Waals surface area contributed by atoms with Gasteiger partial charge >= 0.3 is 0 Å². The lowest BCUT2D eigenvalue weighted by Gasteiger charge is -2.12. The fourth-order valence-electron chi connectivity index (χ4n) is 2.79. The molecule has 3 aromatic carbocycles. The molecule has 162 valence electrons. The van der Waals surface area contributed by atoms with Crippen molar-refractivity contribution in [3.63, 3.8) is 0 Å². The molecule has 0 saturated heterocycles. The van der Waals surface area contributed by atoms with Crippen LogP contribution >= 0.6 is 35.4 Å². The number of nitrogens with one attached hydrogen (secondary N) is 3. The summed E-state index contributed by atoms with van der Waals surface area (Å²) < 4.78 is 27.9. The molecule has 11 heteroatoms. The lowest BCUT2D eigenvalue weighted by molar-refractivity contribution is 0.601. The molecule has 0 radical (unpaired) electrons. The first kappa shape index (κ1) is 22.2. The van der Waals surface area contributed by atoms with Crippen LogP contribution in [0.4, 0.5) is 17.2 Å². The number of anilines is 3. The van der Waals surface area contributed by atoms with Gasteiger partial charge in [0.1, 0.15) is 0 Å². The van der Waals surface area contributed by atoms with Crippen LogP contribution < -0.4 is 15.4 Å². The predicted octanol–water partition coefficient (Wildman–Crippen LogP) is 5.55. The van der Waals surface area contributed by atoms with Gasteiger partial charge in [0.2, 0.25) is 0 Å². The Kier molecular flexibility index (Phi) is 6.43. The van der Waals surface area contributed by atoms with Crippen molar-refractivity contribution < 1.29 is 8.42 Å². The number of thiocarbonyl (C=S) groups is 1. The highest BCUT2D eigenvalue weighted by molar-refractivity contribution is 7.92. The zero-order valence-corrected chi connectivity index (χ0v) is 19.4. The number of nitrogens with zero attached hydrogens (tertiary/aromatic N) is 2. The molecule has 0 unspecified atom stereocenters. The number of hydrogen-bond donors (Lipinski definition) is 3. The molecule has 1 heterocycles. The Morgan fingerprint density at radius 2 is 1.50 bits per heavy atom. The Labute approximate surface area is 199 Å². The third kappa shape index (κ3) is 5.25. The molecule has 0 atom stereocenters. The van der Waals surface area contributed by atoms with E-state index in [-0.39, 0.29) is 10.7 Å². The molecule has 0 aliphatic heterocycles. The Hall–Kier alpha value is -2.98. The lowest BCUT2D eigenvalue weighted by atomic mass is 10.3. The minimum Gasteiger partial charge on any atom is -0.332 e. The Bertz CT molecular complexity index is 1410. The molecule has 0 saturated carbocycles. The van der Waals surface area contributed by atoms with Crippen LogP contribution in [0.15, 0.2) is 77.8 Å². The first-order chi connectivity index (χ1) is 15.3. The van der Waals surface area contributed by atoms with Crippen LogP contribution in [0.3, 0.4) is 0 Å². The number of benzene rings is 3. The second-order valence-corrected chi connectivity index (χ2v) is 9.49. The van der Waals surface area contributed by atoms with E-state index < -0.39 is 10.0 Å². The van der Waals surface area contributed by atoms with Crippen LogP contribution in [0.2, 0.25) is 10.0 Å². The van der Waals surface area contributed by atoms with Gasteiger partial charge in [0.25, 0.3) is 10.0 Å². The summed E-state index contributed by atoms with van der Waals surface area (Å²) >= 11 is 17.2. The zero-order chi connectivity index (χ0) is 22.7. The maximum atomic E-state index is 12.7. The number of sulfonamides is 1. The van der Waals surface area contributed by atoms with Crippen molar-refractivity contribution in [2.75, 3.05) is 15.4 Å². The lowest BCUT2D eigenvalue weighted by Crippen LogP contribution is -2.19. The van der Waals surface area contributed by atoms with E-state index in [2.05, 4.69) is 25.3 Å². The molecule has 4 aromatic rings. The maximum Gasteiger partial charge on any atom is 0.263 e. The topological polar surface area (TPSA) is 96.0 Å². The minimum atomic E-state index is -3.84. The highest BCUT2D eigenvalue weighted by Crippen LogP contribution is 2.25. The van der Waals surface area contributed by atoms with E-state index in [0.29, 0.717) is 37.6 Å². The third-order valence-electron chi connectivity index (χ3n) is 4.29. The van der Waals surface area contributed by atoms with Crippen LogP contribution in [0.1, 0.15) is 0 Å². The van der Waals surface area contributed by atoms with Gasteiger partial charge in [-0.3, -0.25) is 9.71 Å². The second kappa shape index (κ2) is 9.25. The van der Waals surface area contributed by atoms with E-state index in [1.807, 2.05) is 12.1 Å². The van der Waals surface area contributed by atoms with Gasteiger partial charge in [-0.2, -0.15) is 0 Å². The Morgan fingerprint density at radius 1 is 0.844 bits per heavy atom. The van der Waals surface area contributed by atoms with Crippen molar-refractivity contribution in [2.45, 2.75) is 4.90 Å². The van der Waals surface area contributed by atoms with Crippen molar-refractivity contribution in [3.8, 4) is 0 Å². The van der Waals surface area contributed by atoms with Crippen LogP contribution in [-0.2, 0) is 10.0 Å². The van der Waals surface area contributed by atoms with Crippen molar-refractivity contribution >= 4 is 78.8 Å². The average molecular weight is 504 g/mol. The van der Waals surface area contributed by atoms with Crippen molar-refractivity contribution in [1.29, 1.82) is 0 Å². The minimum absolute atomic E-state index is 0.0707.